The third-order valence-electron chi connectivity index (χ3n) is 1.85. The van der Waals surface area contributed by atoms with Crippen LogP contribution in [0.2, 0.25) is 0 Å². The lowest BCUT2D eigenvalue weighted by molar-refractivity contribution is -0.105. The number of aliphatic hydroxyl groups excluding tert-OH is 1. The van der Waals surface area contributed by atoms with E-state index in [1.165, 1.54) is 19.2 Å². The number of hydrogen-bond acceptors (Lipinski definition) is 4. The van der Waals surface area contributed by atoms with E-state index in [-0.39, 0.29) is 0 Å². The summed E-state index contributed by atoms with van der Waals surface area (Å²) in [6.07, 6.45) is 1.98. The van der Waals surface area contributed by atoms with E-state index in [4.69, 9.17) is 5.11 Å². The van der Waals surface area contributed by atoms with Crippen LogP contribution in [0, 0.1) is 0 Å². The third-order valence-corrected chi connectivity index (χ3v) is 1.85. The van der Waals surface area contributed by atoms with E-state index in [9.17, 15) is 9.90 Å². The van der Waals surface area contributed by atoms with Crippen LogP contribution in [0.25, 0.3) is 0 Å². The first-order valence-corrected chi connectivity index (χ1v) is 4.10. The summed E-state index contributed by atoms with van der Waals surface area (Å²) in [4.78, 5) is 14.1. The summed E-state index contributed by atoms with van der Waals surface area (Å²) in [5.41, 5.74) is -0.550. The monoisotopic (exact) mass is 196 g/mol. The Hall–Kier alpha value is -1.46. The van der Waals surface area contributed by atoms with Crippen molar-refractivity contribution in [1.82, 2.24) is 4.98 Å². The second-order valence-electron chi connectivity index (χ2n) is 3.12. The van der Waals surface area contributed by atoms with Crippen molar-refractivity contribution >= 4 is 12.1 Å². The first kappa shape index (κ1) is 10.6. The minimum Gasteiger partial charge on any atom is -0.393 e. The average Bonchev–Trinajstić information content (AvgIpc) is 2.19. The predicted molar refractivity (Wildman–Crippen MR) is 50.6 cm³/mol. The fourth-order valence-electron chi connectivity index (χ4n) is 0.964. The summed E-state index contributed by atoms with van der Waals surface area (Å²) in [6.45, 7) is 1.02. The van der Waals surface area contributed by atoms with E-state index in [2.05, 4.69) is 10.3 Å². The average molecular weight is 196 g/mol. The van der Waals surface area contributed by atoms with Crippen molar-refractivity contribution in [2.45, 2.75) is 12.5 Å². The Balaban J connectivity index is 2.98. The van der Waals surface area contributed by atoms with Crippen LogP contribution in [0.5, 0.6) is 0 Å². The molecule has 0 bridgehead atoms. The second kappa shape index (κ2) is 4.17. The third kappa shape index (κ3) is 2.27. The molecule has 76 valence electrons. The van der Waals surface area contributed by atoms with E-state index in [0.717, 1.165) is 0 Å². The predicted octanol–water partition coefficient (Wildman–Crippen LogP) is -0.150. The molecule has 5 nitrogen and oxygen atoms in total. The normalized spacial score (nSPS) is 14.5. The van der Waals surface area contributed by atoms with Crippen LogP contribution in [0.4, 0.5) is 5.69 Å². The Morgan fingerprint density at radius 1 is 1.71 bits per heavy atom. The molecular formula is C9H12N2O3. The number of aromatic nitrogens is 1. The number of anilines is 1. The summed E-state index contributed by atoms with van der Waals surface area (Å²) < 4.78 is 0. The van der Waals surface area contributed by atoms with Gasteiger partial charge in [0.15, 0.2) is 0 Å². The van der Waals surface area contributed by atoms with Crippen LogP contribution < -0.4 is 5.32 Å². The molecule has 0 radical (unpaired) electrons. The maximum atomic E-state index is 10.2. The molecular weight excluding hydrogens is 184 g/mol. The summed E-state index contributed by atoms with van der Waals surface area (Å²) in [5, 5.41) is 21.0. The SMILES string of the molecule is C[C@@](O)(CO)c1cc(NC=O)ccn1. The maximum Gasteiger partial charge on any atom is 0.211 e. The fraction of sp³-hybridized carbons (Fsp3) is 0.333. The van der Waals surface area contributed by atoms with Gasteiger partial charge in [-0.1, -0.05) is 0 Å². The van der Waals surface area contributed by atoms with E-state index >= 15 is 0 Å². The topological polar surface area (TPSA) is 82.5 Å². The number of nitrogens with zero attached hydrogens (tertiary/aromatic N) is 1. The zero-order valence-electron chi connectivity index (χ0n) is 7.77. The molecule has 14 heavy (non-hydrogen) atoms. The first-order chi connectivity index (χ1) is 6.60. The molecule has 1 aromatic heterocycles. The molecule has 1 heterocycles. The lowest BCUT2D eigenvalue weighted by atomic mass is 10.0. The molecule has 0 spiro atoms. The zero-order valence-corrected chi connectivity index (χ0v) is 7.77. The highest BCUT2D eigenvalue weighted by Gasteiger charge is 2.23. The van der Waals surface area contributed by atoms with Crippen LogP contribution in [0.3, 0.4) is 0 Å². The van der Waals surface area contributed by atoms with Crippen LogP contribution in [-0.4, -0.2) is 28.2 Å². The number of aliphatic hydroxyl groups is 2. The number of rotatable bonds is 4. The molecule has 5 heteroatoms. The van der Waals surface area contributed by atoms with Gasteiger partial charge >= 0.3 is 0 Å². The van der Waals surface area contributed by atoms with Gasteiger partial charge in [-0.25, -0.2) is 0 Å². The lowest BCUT2D eigenvalue weighted by Gasteiger charge is -2.19. The molecule has 0 fully saturated rings. The lowest BCUT2D eigenvalue weighted by Crippen LogP contribution is -2.27. The molecule has 0 aromatic carbocycles. The van der Waals surface area contributed by atoms with Crippen LogP contribution in [0.15, 0.2) is 18.3 Å². The van der Waals surface area contributed by atoms with Gasteiger partial charge in [-0.3, -0.25) is 9.78 Å². The maximum absolute atomic E-state index is 10.2. The Kier molecular flexibility index (Phi) is 3.16. The van der Waals surface area contributed by atoms with Gasteiger partial charge in [-0.05, 0) is 19.1 Å². The zero-order chi connectivity index (χ0) is 10.6. The highest BCUT2D eigenvalue weighted by Crippen LogP contribution is 2.19. The van der Waals surface area contributed by atoms with E-state index in [0.29, 0.717) is 17.8 Å². The molecule has 0 aliphatic carbocycles. The van der Waals surface area contributed by atoms with Crippen LogP contribution in [-0.2, 0) is 10.4 Å². The molecule has 0 unspecified atom stereocenters. The van der Waals surface area contributed by atoms with Crippen molar-refractivity contribution in [3.63, 3.8) is 0 Å². The Bertz CT molecular complexity index is 326. The van der Waals surface area contributed by atoms with Gasteiger partial charge in [0.1, 0.15) is 5.60 Å². The molecule has 0 saturated carbocycles. The molecule has 0 aliphatic rings. The van der Waals surface area contributed by atoms with Crippen LogP contribution in [0.1, 0.15) is 12.6 Å². The van der Waals surface area contributed by atoms with E-state index < -0.39 is 12.2 Å². The fourth-order valence-corrected chi connectivity index (χ4v) is 0.964. The summed E-state index contributed by atoms with van der Waals surface area (Å²) in [5.74, 6) is 0. The van der Waals surface area contributed by atoms with Gasteiger partial charge in [0.25, 0.3) is 0 Å². The molecule has 1 atom stereocenters. The second-order valence-corrected chi connectivity index (χ2v) is 3.12. The number of carbonyl (C=O) groups is 1. The molecule has 1 aromatic rings. The standard InChI is InChI=1S/C9H12N2O3/c1-9(14,5-12)8-4-7(11-6-13)2-3-10-8/h2-4,6,12,14H,5H2,1H3,(H,10,11,13)/t9-/m1/s1. The molecule has 0 saturated heterocycles. The largest absolute Gasteiger partial charge is 0.393 e. The van der Waals surface area contributed by atoms with Crippen molar-refractivity contribution < 1.29 is 15.0 Å². The number of nitrogens with one attached hydrogen (secondary N) is 1. The van der Waals surface area contributed by atoms with Gasteiger partial charge in [-0.2, -0.15) is 0 Å². The van der Waals surface area contributed by atoms with Crippen LogP contribution >= 0.6 is 0 Å². The highest BCUT2D eigenvalue weighted by atomic mass is 16.3. The van der Waals surface area contributed by atoms with Crippen molar-refractivity contribution in [3.05, 3.63) is 24.0 Å². The van der Waals surface area contributed by atoms with Crippen molar-refractivity contribution in [3.8, 4) is 0 Å². The molecule has 0 aliphatic heterocycles. The van der Waals surface area contributed by atoms with Gasteiger partial charge in [-0.15, -0.1) is 0 Å². The highest BCUT2D eigenvalue weighted by molar-refractivity contribution is 5.71. The number of pyridine rings is 1. The Morgan fingerprint density at radius 3 is 3.00 bits per heavy atom. The minimum absolute atomic E-state index is 0.312. The molecule has 3 N–H and O–H groups in total. The quantitative estimate of drug-likeness (QED) is 0.585. The smallest absolute Gasteiger partial charge is 0.211 e. The van der Waals surface area contributed by atoms with Gasteiger partial charge < -0.3 is 15.5 Å². The summed E-state index contributed by atoms with van der Waals surface area (Å²) >= 11 is 0. The van der Waals surface area contributed by atoms with Gasteiger partial charge in [0.2, 0.25) is 6.41 Å². The first-order valence-electron chi connectivity index (χ1n) is 4.10. The van der Waals surface area contributed by atoms with Crippen molar-refractivity contribution in [2.24, 2.45) is 0 Å². The van der Waals surface area contributed by atoms with Gasteiger partial charge in [0.05, 0.1) is 12.3 Å². The van der Waals surface area contributed by atoms with E-state index in [1.807, 2.05) is 0 Å². The Labute approximate surface area is 81.4 Å². The number of amides is 1. The Morgan fingerprint density at radius 2 is 2.43 bits per heavy atom. The van der Waals surface area contributed by atoms with Crippen molar-refractivity contribution in [1.29, 1.82) is 0 Å². The van der Waals surface area contributed by atoms with Crippen molar-refractivity contribution in [2.75, 3.05) is 11.9 Å². The van der Waals surface area contributed by atoms with E-state index in [1.54, 1.807) is 6.07 Å². The summed E-state index contributed by atoms with van der Waals surface area (Å²) in [6, 6.07) is 3.09. The number of carbonyl (C=O) groups excluding carboxylic acids is 1. The minimum atomic E-state index is -1.39. The number of hydrogen-bond donors (Lipinski definition) is 3. The molecule has 1 rings (SSSR count). The van der Waals surface area contributed by atoms with Gasteiger partial charge in [0, 0.05) is 11.9 Å². The molecule has 1 amide bonds. The summed E-state index contributed by atoms with van der Waals surface area (Å²) in [7, 11) is 0.